The Labute approximate surface area is 131 Å². The van der Waals surface area contributed by atoms with E-state index in [9.17, 15) is 0 Å². The SMILES string of the molecule is CSc1ccc(OCc2ccc(CNC(C)C)cc2)cc1. The number of benzene rings is 2. The van der Waals surface area contributed by atoms with Gasteiger partial charge in [0.05, 0.1) is 0 Å². The molecule has 0 radical (unpaired) electrons. The van der Waals surface area contributed by atoms with E-state index in [0.717, 1.165) is 12.3 Å². The smallest absolute Gasteiger partial charge is 0.119 e. The molecule has 0 saturated carbocycles. The second-order valence-electron chi connectivity index (χ2n) is 5.32. The van der Waals surface area contributed by atoms with E-state index >= 15 is 0 Å². The molecule has 3 heteroatoms. The molecule has 112 valence electrons. The van der Waals surface area contributed by atoms with E-state index in [-0.39, 0.29) is 0 Å². The van der Waals surface area contributed by atoms with Gasteiger partial charge < -0.3 is 10.1 Å². The summed E-state index contributed by atoms with van der Waals surface area (Å²) in [4.78, 5) is 1.25. The van der Waals surface area contributed by atoms with Crippen molar-refractivity contribution >= 4 is 11.8 Å². The van der Waals surface area contributed by atoms with Crippen molar-refractivity contribution in [3.05, 3.63) is 59.7 Å². The van der Waals surface area contributed by atoms with E-state index in [4.69, 9.17) is 4.74 Å². The second kappa shape index (κ2) is 8.11. The van der Waals surface area contributed by atoms with Gasteiger partial charge in [-0.3, -0.25) is 0 Å². The summed E-state index contributed by atoms with van der Waals surface area (Å²) in [6, 6.07) is 17.3. The van der Waals surface area contributed by atoms with Gasteiger partial charge in [-0.1, -0.05) is 38.1 Å². The molecule has 0 spiro atoms. The van der Waals surface area contributed by atoms with Gasteiger partial charge in [0.2, 0.25) is 0 Å². The highest BCUT2D eigenvalue weighted by Gasteiger charge is 1.99. The van der Waals surface area contributed by atoms with Crippen LogP contribution < -0.4 is 10.1 Å². The number of thioether (sulfide) groups is 1. The van der Waals surface area contributed by atoms with Gasteiger partial charge in [-0.2, -0.15) is 0 Å². The van der Waals surface area contributed by atoms with E-state index in [1.165, 1.54) is 16.0 Å². The van der Waals surface area contributed by atoms with Crippen LogP contribution in [0.5, 0.6) is 5.75 Å². The van der Waals surface area contributed by atoms with E-state index in [1.807, 2.05) is 12.1 Å². The average Bonchev–Trinajstić information content (AvgIpc) is 2.52. The number of nitrogens with one attached hydrogen (secondary N) is 1. The summed E-state index contributed by atoms with van der Waals surface area (Å²) in [5.41, 5.74) is 2.49. The minimum atomic E-state index is 0.511. The van der Waals surface area contributed by atoms with Crippen molar-refractivity contribution in [1.82, 2.24) is 5.32 Å². The van der Waals surface area contributed by atoms with Crippen molar-refractivity contribution in [1.29, 1.82) is 0 Å². The summed E-state index contributed by atoms with van der Waals surface area (Å²) in [6.07, 6.45) is 2.07. The van der Waals surface area contributed by atoms with Crippen LogP contribution in [0.25, 0.3) is 0 Å². The lowest BCUT2D eigenvalue weighted by Gasteiger charge is -2.10. The van der Waals surface area contributed by atoms with Crippen molar-refractivity contribution in [3.8, 4) is 5.75 Å². The average molecular weight is 301 g/mol. The number of hydrogen-bond acceptors (Lipinski definition) is 3. The Morgan fingerprint density at radius 3 is 2.14 bits per heavy atom. The molecule has 0 fully saturated rings. The van der Waals surface area contributed by atoms with Crippen molar-refractivity contribution in [2.45, 2.75) is 37.9 Å². The van der Waals surface area contributed by atoms with Crippen molar-refractivity contribution in [2.24, 2.45) is 0 Å². The number of rotatable bonds is 7. The maximum Gasteiger partial charge on any atom is 0.119 e. The first-order valence-electron chi connectivity index (χ1n) is 7.25. The molecule has 0 aliphatic carbocycles. The fourth-order valence-corrected chi connectivity index (χ4v) is 2.32. The molecule has 2 rings (SSSR count). The Hall–Kier alpha value is -1.45. The van der Waals surface area contributed by atoms with Gasteiger partial charge in [0, 0.05) is 17.5 Å². The third kappa shape index (κ3) is 5.44. The van der Waals surface area contributed by atoms with Gasteiger partial charge in [-0.25, -0.2) is 0 Å². The quantitative estimate of drug-likeness (QED) is 0.762. The molecule has 0 saturated heterocycles. The first kappa shape index (κ1) is 15.9. The Morgan fingerprint density at radius 2 is 1.57 bits per heavy atom. The summed E-state index contributed by atoms with van der Waals surface area (Å²) >= 11 is 1.74. The molecule has 2 aromatic rings. The van der Waals surface area contributed by atoms with Crippen LogP contribution in [-0.4, -0.2) is 12.3 Å². The van der Waals surface area contributed by atoms with Crippen molar-refractivity contribution in [3.63, 3.8) is 0 Å². The molecule has 21 heavy (non-hydrogen) atoms. The lowest BCUT2D eigenvalue weighted by Crippen LogP contribution is -2.21. The molecular weight excluding hydrogens is 278 g/mol. The summed E-state index contributed by atoms with van der Waals surface area (Å²) in [7, 11) is 0. The van der Waals surface area contributed by atoms with E-state index in [2.05, 4.69) is 61.8 Å². The van der Waals surface area contributed by atoms with Gasteiger partial charge in [0.25, 0.3) is 0 Å². The summed E-state index contributed by atoms with van der Waals surface area (Å²) in [6.45, 7) is 5.83. The lowest BCUT2D eigenvalue weighted by atomic mass is 10.1. The molecule has 0 aliphatic heterocycles. The molecule has 0 aliphatic rings. The largest absolute Gasteiger partial charge is 0.489 e. The third-order valence-corrected chi connectivity index (χ3v) is 3.95. The molecule has 0 aromatic heterocycles. The highest BCUT2D eigenvalue weighted by Crippen LogP contribution is 2.19. The van der Waals surface area contributed by atoms with Crippen LogP contribution in [0.4, 0.5) is 0 Å². The zero-order valence-electron chi connectivity index (χ0n) is 12.9. The van der Waals surface area contributed by atoms with E-state index < -0.39 is 0 Å². The van der Waals surface area contributed by atoms with E-state index in [0.29, 0.717) is 12.6 Å². The topological polar surface area (TPSA) is 21.3 Å². The molecule has 0 atom stereocenters. The standard InChI is InChI=1S/C18H23NOS/c1-14(2)19-12-15-4-6-16(7-5-15)13-20-17-8-10-18(21-3)11-9-17/h4-11,14,19H,12-13H2,1-3H3. The van der Waals surface area contributed by atoms with Crippen LogP contribution in [-0.2, 0) is 13.2 Å². The predicted octanol–water partition coefficient (Wildman–Crippen LogP) is 4.49. The van der Waals surface area contributed by atoms with Crippen LogP contribution in [0.15, 0.2) is 53.4 Å². The molecule has 0 heterocycles. The normalized spacial score (nSPS) is 10.9. The maximum atomic E-state index is 5.80. The Kier molecular flexibility index (Phi) is 6.15. The minimum Gasteiger partial charge on any atom is -0.489 e. The fraction of sp³-hybridized carbons (Fsp3) is 0.333. The highest BCUT2D eigenvalue weighted by molar-refractivity contribution is 7.98. The molecule has 0 bridgehead atoms. The van der Waals surface area contributed by atoms with E-state index in [1.54, 1.807) is 11.8 Å². The maximum absolute atomic E-state index is 5.80. The van der Waals surface area contributed by atoms with Gasteiger partial charge in [0.15, 0.2) is 0 Å². The Bertz CT molecular complexity index is 534. The molecule has 2 nitrogen and oxygen atoms in total. The van der Waals surface area contributed by atoms with Gasteiger partial charge in [0.1, 0.15) is 12.4 Å². The van der Waals surface area contributed by atoms with Crippen LogP contribution >= 0.6 is 11.8 Å². The van der Waals surface area contributed by atoms with Gasteiger partial charge in [-0.05, 0) is 41.6 Å². The number of ether oxygens (including phenoxy) is 1. The van der Waals surface area contributed by atoms with Crippen LogP contribution in [0.2, 0.25) is 0 Å². The molecule has 0 amide bonds. The van der Waals surface area contributed by atoms with Crippen LogP contribution in [0, 0.1) is 0 Å². The predicted molar refractivity (Wildman–Crippen MR) is 91.0 cm³/mol. The van der Waals surface area contributed by atoms with Crippen molar-refractivity contribution in [2.75, 3.05) is 6.26 Å². The zero-order chi connectivity index (χ0) is 15.1. The molecule has 1 N–H and O–H groups in total. The summed E-state index contributed by atoms with van der Waals surface area (Å²) in [5, 5.41) is 3.42. The summed E-state index contributed by atoms with van der Waals surface area (Å²) < 4.78 is 5.80. The molecule has 2 aromatic carbocycles. The fourth-order valence-electron chi connectivity index (χ4n) is 1.91. The summed E-state index contributed by atoms with van der Waals surface area (Å²) in [5.74, 6) is 0.915. The Morgan fingerprint density at radius 1 is 0.952 bits per heavy atom. The highest BCUT2D eigenvalue weighted by atomic mass is 32.2. The first-order valence-corrected chi connectivity index (χ1v) is 8.48. The first-order chi connectivity index (χ1) is 10.2. The zero-order valence-corrected chi connectivity index (χ0v) is 13.7. The molecular formula is C18H23NOS. The minimum absolute atomic E-state index is 0.511. The lowest BCUT2D eigenvalue weighted by molar-refractivity contribution is 0.306. The number of hydrogen-bond donors (Lipinski definition) is 1. The molecule has 0 unspecified atom stereocenters. The third-order valence-electron chi connectivity index (χ3n) is 3.20. The van der Waals surface area contributed by atoms with Crippen molar-refractivity contribution < 1.29 is 4.74 Å². The Balaban J connectivity index is 1.85. The van der Waals surface area contributed by atoms with Gasteiger partial charge in [-0.15, -0.1) is 11.8 Å². The van der Waals surface area contributed by atoms with Crippen LogP contribution in [0.3, 0.4) is 0 Å². The van der Waals surface area contributed by atoms with Crippen LogP contribution in [0.1, 0.15) is 25.0 Å². The van der Waals surface area contributed by atoms with Gasteiger partial charge >= 0.3 is 0 Å². The monoisotopic (exact) mass is 301 g/mol. The second-order valence-corrected chi connectivity index (χ2v) is 6.20.